The van der Waals surface area contributed by atoms with Crippen LogP contribution in [0.1, 0.15) is 22.7 Å². The molecule has 0 saturated heterocycles. The zero-order chi connectivity index (χ0) is 13.8. The molecule has 0 aliphatic carbocycles. The van der Waals surface area contributed by atoms with Crippen LogP contribution in [0.4, 0.5) is 0 Å². The highest BCUT2D eigenvalue weighted by molar-refractivity contribution is 9.10. The molecule has 0 aliphatic rings. The molecule has 100 valence electrons. The van der Waals surface area contributed by atoms with Gasteiger partial charge in [-0.05, 0) is 48.9 Å². The largest absolute Gasteiger partial charge is 0.497 e. The fourth-order valence-electron chi connectivity index (χ4n) is 2.29. The van der Waals surface area contributed by atoms with Gasteiger partial charge in [0.25, 0.3) is 0 Å². The zero-order valence-corrected chi connectivity index (χ0v) is 13.0. The van der Waals surface area contributed by atoms with Crippen molar-refractivity contribution in [1.29, 1.82) is 0 Å². The smallest absolute Gasteiger partial charge is 0.119 e. The minimum absolute atomic E-state index is 0.168. The lowest BCUT2D eigenvalue weighted by Gasteiger charge is -2.21. The summed E-state index contributed by atoms with van der Waals surface area (Å²) in [5, 5.41) is 3.38. The lowest BCUT2D eigenvalue weighted by molar-refractivity contribution is 0.414. The summed E-state index contributed by atoms with van der Waals surface area (Å²) < 4.78 is 6.38. The van der Waals surface area contributed by atoms with Crippen LogP contribution in [-0.2, 0) is 0 Å². The molecule has 2 rings (SSSR count). The second-order valence-electron chi connectivity index (χ2n) is 4.47. The van der Waals surface area contributed by atoms with E-state index in [2.05, 4.69) is 58.5 Å². The van der Waals surface area contributed by atoms with Crippen molar-refractivity contribution in [3.63, 3.8) is 0 Å². The molecular weight excluding hydrogens is 302 g/mol. The van der Waals surface area contributed by atoms with Gasteiger partial charge in [0, 0.05) is 4.47 Å². The van der Waals surface area contributed by atoms with Crippen LogP contribution in [0.15, 0.2) is 46.9 Å². The highest BCUT2D eigenvalue weighted by Crippen LogP contribution is 2.31. The maximum atomic E-state index is 5.26. The minimum atomic E-state index is 0.168. The van der Waals surface area contributed by atoms with E-state index in [4.69, 9.17) is 4.74 Å². The summed E-state index contributed by atoms with van der Waals surface area (Å²) in [7, 11) is 3.67. The zero-order valence-electron chi connectivity index (χ0n) is 11.4. The number of rotatable bonds is 4. The van der Waals surface area contributed by atoms with Crippen LogP contribution in [0.3, 0.4) is 0 Å². The van der Waals surface area contributed by atoms with Crippen LogP contribution in [0.25, 0.3) is 0 Å². The van der Waals surface area contributed by atoms with E-state index in [1.54, 1.807) is 7.11 Å². The molecule has 1 N–H and O–H groups in total. The molecular formula is C16H18BrNO. The molecule has 0 aliphatic heterocycles. The summed E-state index contributed by atoms with van der Waals surface area (Å²) in [6.45, 7) is 2.11. The molecule has 0 amide bonds. The van der Waals surface area contributed by atoms with Gasteiger partial charge in [-0.15, -0.1) is 0 Å². The van der Waals surface area contributed by atoms with Gasteiger partial charge < -0.3 is 10.1 Å². The Morgan fingerprint density at radius 1 is 1.11 bits per heavy atom. The second-order valence-corrected chi connectivity index (χ2v) is 5.32. The Bertz CT molecular complexity index is 568. The first-order valence-electron chi connectivity index (χ1n) is 6.23. The fraction of sp³-hybridized carbons (Fsp3) is 0.250. The lowest BCUT2D eigenvalue weighted by Crippen LogP contribution is -2.19. The summed E-state index contributed by atoms with van der Waals surface area (Å²) >= 11 is 3.62. The molecule has 0 bridgehead atoms. The van der Waals surface area contributed by atoms with Crippen LogP contribution in [-0.4, -0.2) is 14.2 Å². The van der Waals surface area contributed by atoms with E-state index >= 15 is 0 Å². The first-order valence-corrected chi connectivity index (χ1v) is 7.03. The number of aryl methyl sites for hydroxylation is 1. The summed E-state index contributed by atoms with van der Waals surface area (Å²) in [6.07, 6.45) is 0. The highest BCUT2D eigenvalue weighted by atomic mass is 79.9. The molecule has 0 spiro atoms. The number of benzene rings is 2. The maximum absolute atomic E-state index is 5.26. The number of hydrogen-bond donors (Lipinski definition) is 1. The third kappa shape index (κ3) is 2.99. The van der Waals surface area contributed by atoms with Gasteiger partial charge in [0.15, 0.2) is 0 Å². The Morgan fingerprint density at radius 3 is 2.42 bits per heavy atom. The van der Waals surface area contributed by atoms with Crippen molar-refractivity contribution < 1.29 is 4.74 Å². The Balaban J connectivity index is 2.46. The number of hydrogen-bond acceptors (Lipinski definition) is 2. The van der Waals surface area contributed by atoms with Crippen LogP contribution in [0, 0.1) is 6.92 Å². The predicted molar refractivity (Wildman–Crippen MR) is 82.8 cm³/mol. The molecule has 2 aromatic rings. The van der Waals surface area contributed by atoms with Crippen molar-refractivity contribution in [2.45, 2.75) is 13.0 Å². The highest BCUT2D eigenvalue weighted by Gasteiger charge is 2.16. The van der Waals surface area contributed by atoms with E-state index in [-0.39, 0.29) is 6.04 Å². The van der Waals surface area contributed by atoms with E-state index in [1.807, 2.05) is 19.2 Å². The first kappa shape index (κ1) is 14.1. The Labute approximate surface area is 122 Å². The van der Waals surface area contributed by atoms with Gasteiger partial charge in [0.1, 0.15) is 5.75 Å². The van der Waals surface area contributed by atoms with Crippen molar-refractivity contribution >= 4 is 15.9 Å². The molecule has 0 aromatic heterocycles. The minimum Gasteiger partial charge on any atom is -0.497 e. The van der Waals surface area contributed by atoms with E-state index in [0.29, 0.717) is 0 Å². The second kappa shape index (κ2) is 6.22. The van der Waals surface area contributed by atoms with E-state index < -0.39 is 0 Å². The van der Waals surface area contributed by atoms with Crippen LogP contribution in [0.5, 0.6) is 5.75 Å². The standard InChI is InChI=1S/C16H18BrNO/c1-11-10-12(19-3)8-9-13(11)16(18-2)14-6-4-5-7-15(14)17/h4-10,16,18H,1-3H3. The fourth-order valence-corrected chi connectivity index (χ4v) is 2.80. The Hall–Kier alpha value is -1.32. The van der Waals surface area contributed by atoms with E-state index in [1.165, 1.54) is 16.7 Å². The summed E-state index contributed by atoms with van der Waals surface area (Å²) in [4.78, 5) is 0. The van der Waals surface area contributed by atoms with Crippen LogP contribution < -0.4 is 10.1 Å². The number of methoxy groups -OCH3 is 1. The average molecular weight is 320 g/mol. The van der Waals surface area contributed by atoms with Crippen molar-refractivity contribution in [1.82, 2.24) is 5.32 Å². The average Bonchev–Trinajstić information content (AvgIpc) is 2.43. The van der Waals surface area contributed by atoms with Crippen LogP contribution in [0.2, 0.25) is 0 Å². The van der Waals surface area contributed by atoms with Crippen molar-refractivity contribution in [2.24, 2.45) is 0 Å². The quantitative estimate of drug-likeness (QED) is 0.917. The predicted octanol–water partition coefficient (Wildman–Crippen LogP) is 4.07. The van der Waals surface area contributed by atoms with Gasteiger partial charge in [-0.25, -0.2) is 0 Å². The van der Waals surface area contributed by atoms with Crippen molar-refractivity contribution in [3.8, 4) is 5.75 Å². The molecule has 0 fully saturated rings. The molecule has 3 heteroatoms. The van der Waals surface area contributed by atoms with Gasteiger partial charge in [-0.3, -0.25) is 0 Å². The molecule has 1 atom stereocenters. The molecule has 0 saturated carbocycles. The maximum Gasteiger partial charge on any atom is 0.119 e. The normalized spacial score (nSPS) is 12.2. The van der Waals surface area contributed by atoms with E-state index in [9.17, 15) is 0 Å². The Morgan fingerprint density at radius 2 is 1.84 bits per heavy atom. The third-order valence-electron chi connectivity index (χ3n) is 3.29. The van der Waals surface area contributed by atoms with Crippen molar-refractivity contribution in [2.75, 3.05) is 14.2 Å². The molecule has 2 nitrogen and oxygen atoms in total. The van der Waals surface area contributed by atoms with Crippen LogP contribution >= 0.6 is 15.9 Å². The van der Waals surface area contributed by atoms with Gasteiger partial charge >= 0.3 is 0 Å². The molecule has 19 heavy (non-hydrogen) atoms. The summed E-state index contributed by atoms with van der Waals surface area (Å²) in [5.74, 6) is 0.892. The first-order chi connectivity index (χ1) is 9.17. The summed E-state index contributed by atoms with van der Waals surface area (Å²) in [5.41, 5.74) is 3.71. The third-order valence-corrected chi connectivity index (χ3v) is 4.02. The van der Waals surface area contributed by atoms with Crippen molar-refractivity contribution in [3.05, 3.63) is 63.6 Å². The molecule has 2 aromatic carbocycles. The van der Waals surface area contributed by atoms with Gasteiger partial charge in [-0.2, -0.15) is 0 Å². The topological polar surface area (TPSA) is 21.3 Å². The van der Waals surface area contributed by atoms with Gasteiger partial charge in [-0.1, -0.05) is 40.2 Å². The monoisotopic (exact) mass is 319 g/mol. The molecule has 0 radical (unpaired) electrons. The van der Waals surface area contributed by atoms with Gasteiger partial charge in [0.05, 0.1) is 13.2 Å². The number of ether oxygens (including phenoxy) is 1. The SMILES string of the molecule is CNC(c1ccc(OC)cc1C)c1ccccc1Br. The van der Waals surface area contributed by atoms with E-state index in [0.717, 1.165) is 10.2 Å². The molecule has 1 unspecified atom stereocenters. The lowest BCUT2D eigenvalue weighted by atomic mass is 9.95. The molecule has 0 heterocycles. The summed E-state index contributed by atoms with van der Waals surface area (Å²) in [6, 6.07) is 14.6. The number of halogens is 1. The van der Waals surface area contributed by atoms with Gasteiger partial charge in [0.2, 0.25) is 0 Å². The Kier molecular flexibility index (Phi) is 4.61. The number of nitrogens with one attached hydrogen (secondary N) is 1.